The number of rotatable bonds is 0. The third kappa shape index (κ3) is 1.71. The first-order valence-corrected chi connectivity index (χ1v) is 6.23. The molecule has 2 aliphatic carbocycles. The van der Waals surface area contributed by atoms with Gasteiger partial charge in [0.25, 0.3) is 0 Å². The molecule has 0 amide bonds. The molecule has 0 nitrogen and oxygen atoms in total. The Balaban J connectivity index is 2.19. The van der Waals surface area contributed by atoms with Gasteiger partial charge in [-0.1, -0.05) is 55.1 Å². The SMILES string of the molecule is C=C=C1CCC2C=CC=CC2c2ccccc21. The maximum atomic E-state index is 3.84. The fourth-order valence-electron chi connectivity index (χ4n) is 2.96. The first-order valence-electron chi connectivity index (χ1n) is 6.23. The molecule has 0 heteroatoms. The van der Waals surface area contributed by atoms with Crippen molar-refractivity contribution in [2.24, 2.45) is 5.92 Å². The van der Waals surface area contributed by atoms with E-state index in [1.54, 1.807) is 0 Å². The molecular weight excluding hydrogens is 204 g/mol. The monoisotopic (exact) mass is 220 g/mol. The van der Waals surface area contributed by atoms with Gasteiger partial charge in [-0.2, -0.15) is 0 Å². The van der Waals surface area contributed by atoms with Gasteiger partial charge in [-0.25, -0.2) is 0 Å². The molecule has 0 aliphatic heterocycles. The van der Waals surface area contributed by atoms with Crippen LogP contribution in [0.1, 0.15) is 29.9 Å². The molecule has 2 atom stereocenters. The van der Waals surface area contributed by atoms with Crippen LogP contribution in [0.2, 0.25) is 0 Å². The van der Waals surface area contributed by atoms with Crippen molar-refractivity contribution in [3.63, 3.8) is 0 Å². The number of fused-ring (bicyclic) bond motifs is 3. The molecule has 0 fully saturated rings. The molecule has 1 aromatic rings. The summed E-state index contributed by atoms with van der Waals surface area (Å²) in [4.78, 5) is 0. The minimum Gasteiger partial charge on any atom is -0.125 e. The van der Waals surface area contributed by atoms with Crippen LogP contribution < -0.4 is 0 Å². The maximum Gasteiger partial charge on any atom is 0.00903 e. The van der Waals surface area contributed by atoms with Gasteiger partial charge in [0.2, 0.25) is 0 Å². The molecular formula is C17H16. The second kappa shape index (κ2) is 4.24. The molecule has 17 heavy (non-hydrogen) atoms. The van der Waals surface area contributed by atoms with Crippen LogP contribution >= 0.6 is 0 Å². The summed E-state index contributed by atoms with van der Waals surface area (Å²) < 4.78 is 0. The normalized spacial score (nSPS) is 25.8. The van der Waals surface area contributed by atoms with Crippen molar-refractivity contribution in [1.29, 1.82) is 0 Å². The highest BCUT2D eigenvalue weighted by Crippen LogP contribution is 2.41. The zero-order chi connectivity index (χ0) is 11.7. The summed E-state index contributed by atoms with van der Waals surface area (Å²) >= 11 is 0. The molecule has 84 valence electrons. The highest BCUT2D eigenvalue weighted by Gasteiger charge is 2.26. The highest BCUT2D eigenvalue weighted by atomic mass is 14.3. The van der Waals surface area contributed by atoms with Gasteiger partial charge in [-0.15, -0.1) is 5.73 Å². The molecule has 2 unspecified atom stereocenters. The molecule has 0 heterocycles. The summed E-state index contributed by atoms with van der Waals surface area (Å²) in [5.41, 5.74) is 7.18. The molecule has 0 radical (unpaired) electrons. The average molecular weight is 220 g/mol. The second-order valence-electron chi connectivity index (χ2n) is 4.74. The van der Waals surface area contributed by atoms with E-state index in [2.05, 4.69) is 60.9 Å². The Kier molecular flexibility index (Phi) is 2.59. The van der Waals surface area contributed by atoms with E-state index in [9.17, 15) is 0 Å². The predicted octanol–water partition coefficient (Wildman–Crippen LogP) is 4.47. The third-order valence-electron chi connectivity index (χ3n) is 3.84. The number of hydrogen-bond acceptors (Lipinski definition) is 0. The molecule has 0 saturated carbocycles. The zero-order valence-electron chi connectivity index (χ0n) is 9.89. The van der Waals surface area contributed by atoms with Gasteiger partial charge >= 0.3 is 0 Å². The van der Waals surface area contributed by atoms with Crippen LogP contribution in [0.25, 0.3) is 5.57 Å². The van der Waals surface area contributed by atoms with Crippen molar-refractivity contribution in [3.05, 3.63) is 72.0 Å². The lowest BCUT2D eigenvalue weighted by Gasteiger charge is -2.22. The Labute approximate surface area is 103 Å². The van der Waals surface area contributed by atoms with E-state index in [-0.39, 0.29) is 0 Å². The van der Waals surface area contributed by atoms with Crippen molar-refractivity contribution in [2.75, 3.05) is 0 Å². The predicted molar refractivity (Wildman–Crippen MR) is 72.7 cm³/mol. The molecule has 0 aromatic heterocycles. The van der Waals surface area contributed by atoms with Crippen molar-refractivity contribution in [2.45, 2.75) is 18.8 Å². The number of benzene rings is 1. The van der Waals surface area contributed by atoms with Crippen LogP contribution in [0, 0.1) is 5.92 Å². The van der Waals surface area contributed by atoms with E-state index in [1.165, 1.54) is 23.1 Å². The minimum absolute atomic E-state index is 0.530. The van der Waals surface area contributed by atoms with Gasteiger partial charge in [-0.3, -0.25) is 0 Å². The first kappa shape index (κ1) is 10.4. The minimum atomic E-state index is 0.530. The van der Waals surface area contributed by atoms with E-state index in [0.717, 1.165) is 6.42 Å². The molecule has 3 rings (SSSR count). The Bertz CT molecular complexity index is 539. The summed E-state index contributed by atoms with van der Waals surface area (Å²) in [5.74, 6) is 1.16. The molecule has 2 aliphatic rings. The van der Waals surface area contributed by atoms with E-state index >= 15 is 0 Å². The van der Waals surface area contributed by atoms with E-state index in [0.29, 0.717) is 11.8 Å². The topological polar surface area (TPSA) is 0 Å². The van der Waals surface area contributed by atoms with Gasteiger partial charge < -0.3 is 0 Å². The van der Waals surface area contributed by atoms with Crippen molar-refractivity contribution in [1.82, 2.24) is 0 Å². The first-order chi connectivity index (χ1) is 8.40. The van der Waals surface area contributed by atoms with Crippen LogP contribution in [0.3, 0.4) is 0 Å². The summed E-state index contributed by atoms with van der Waals surface area (Å²) in [5, 5.41) is 0. The Morgan fingerprint density at radius 2 is 1.94 bits per heavy atom. The maximum absolute atomic E-state index is 3.84. The summed E-state index contributed by atoms with van der Waals surface area (Å²) in [6, 6.07) is 8.70. The van der Waals surface area contributed by atoms with Crippen molar-refractivity contribution < 1.29 is 0 Å². The Morgan fingerprint density at radius 3 is 2.82 bits per heavy atom. The Hall–Kier alpha value is -1.78. The number of allylic oxidation sites excluding steroid dienone is 5. The molecule has 0 N–H and O–H groups in total. The van der Waals surface area contributed by atoms with Crippen molar-refractivity contribution in [3.8, 4) is 0 Å². The summed E-state index contributed by atoms with van der Waals surface area (Å²) in [6.45, 7) is 3.84. The largest absolute Gasteiger partial charge is 0.125 e. The molecule has 1 aromatic carbocycles. The van der Waals surface area contributed by atoms with Gasteiger partial charge in [0.05, 0.1) is 0 Å². The van der Waals surface area contributed by atoms with Crippen LogP contribution in [0.15, 0.2) is 60.9 Å². The van der Waals surface area contributed by atoms with Gasteiger partial charge in [0.15, 0.2) is 0 Å². The fourth-order valence-corrected chi connectivity index (χ4v) is 2.96. The summed E-state index contributed by atoms with van der Waals surface area (Å²) in [7, 11) is 0. The fraction of sp³-hybridized carbons (Fsp3) is 0.235. The van der Waals surface area contributed by atoms with Crippen LogP contribution in [-0.4, -0.2) is 0 Å². The standard InChI is InChI=1S/C17H16/c1-2-13-11-12-14-7-3-4-9-16(14)17-10-6-5-8-15(13)17/h3-10,14,16H,1,11-12H2. The quantitative estimate of drug-likeness (QED) is 0.566. The lowest BCUT2D eigenvalue weighted by Crippen LogP contribution is -2.09. The van der Waals surface area contributed by atoms with E-state index < -0.39 is 0 Å². The lowest BCUT2D eigenvalue weighted by molar-refractivity contribution is 0.550. The van der Waals surface area contributed by atoms with Crippen LogP contribution in [0.4, 0.5) is 0 Å². The van der Waals surface area contributed by atoms with Gasteiger partial charge in [0, 0.05) is 11.5 Å². The average Bonchev–Trinajstić information content (AvgIpc) is 2.56. The summed E-state index contributed by atoms with van der Waals surface area (Å²) in [6.07, 6.45) is 11.3. The molecule has 0 saturated heterocycles. The van der Waals surface area contributed by atoms with Gasteiger partial charge in [-0.05, 0) is 29.9 Å². The Morgan fingerprint density at radius 1 is 1.12 bits per heavy atom. The van der Waals surface area contributed by atoms with Crippen LogP contribution in [-0.2, 0) is 0 Å². The lowest BCUT2D eigenvalue weighted by atomic mass is 9.81. The zero-order valence-corrected chi connectivity index (χ0v) is 9.89. The molecule has 0 spiro atoms. The van der Waals surface area contributed by atoms with E-state index in [1.807, 2.05) is 0 Å². The second-order valence-corrected chi connectivity index (χ2v) is 4.74. The van der Waals surface area contributed by atoms with Crippen LogP contribution in [0.5, 0.6) is 0 Å². The van der Waals surface area contributed by atoms with Crippen molar-refractivity contribution >= 4 is 5.57 Å². The molecule has 0 bridgehead atoms. The third-order valence-corrected chi connectivity index (χ3v) is 3.84. The smallest absolute Gasteiger partial charge is 0.00903 e. The van der Waals surface area contributed by atoms with E-state index in [4.69, 9.17) is 0 Å². The highest BCUT2D eigenvalue weighted by molar-refractivity contribution is 5.69. The van der Waals surface area contributed by atoms with Gasteiger partial charge in [0.1, 0.15) is 0 Å². The number of hydrogen-bond donors (Lipinski definition) is 0.